The van der Waals surface area contributed by atoms with Crippen molar-refractivity contribution in [1.82, 2.24) is 0 Å². The van der Waals surface area contributed by atoms with Gasteiger partial charge >= 0.3 is 0 Å². The minimum Gasteiger partial charge on any atom is -0.504 e. The summed E-state index contributed by atoms with van der Waals surface area (Å²) in [6.07, 6.45) is 0.838. The number of nitrogens with one attached hydrogen (secondary N) is 3. The highest BCUT2D eigenvalue weighted by Crippen LogP contribution is 2.44. The van der Waals surface area contributed by atoms with Crippen molar-refractivity contribution in [1.29, 1.82) is 0 Å². The lowest BCUT2D eigenvalue weighted by molar-refractivity contribution is 0.478. The third-order valence-corrected chi connectivity index (χ3v) is 6.92. The maximum absolute atomic E-state index is 14.6. The van der Waals surface area contributed by atoms with Crippen LogP contribution in [0, 0.1) is 15.2 Å². The van der Waals surface area contributed by atoms with Gasteiger partial charge in [0.05, 0.1) is 16.6 Å². The zero-order valence-electron chi connectivity index (χ0n) is 14.4. The summed E-state index contributed by atoms with van der Waals surface area (Å²) in [4.78, 5) is 0. The van der Waals surface area contributed by atoms with Crippen molar-refractivity contribution in [2.24, 2.45) is 5.14 Å². The van der Waals surface area contributed by atoms with Gasteiger partial charge in [-0.1, -0.05) is 0 Å². The Balaban J connectivity index is 2.12. The number of phenols is 1. The van der Waals surface area contributed by atoms with E-state index in [9.17, 15) is 30.7 Å². The first-order valence-electron chi connectivity index (χ1n) is 7.97. The first-order chi connectivity index (χ1) is 13.4. The van der Waals surface area contributed by atoms with Gasteiger partial charge in [0.25, 0.3) is 10.2 Å². The molecule has 158 valence electrons. The number of sulfonamides is 1. The molecule has 0 radical (unpaired) electrons. The predicted molar refractivity (Wildman–Crippen MR) is 113 cm³/mol. The molecule has 0 atom stereocenters. The van der Waals surface area contributed by atoms with Gasteiger partial charge in [-0.2, -0.15) is 8.42 Å². The molecular formula is C15H15F2IN4O5S2. The summed E-state index contributed by atoms with van der Waals surface area (Å²) >= 11 is 1.86. The number of rotatable bonds is 7. The minimum atomic E-state index is -4.47. The first-order valence-corrected chi connectivity index (χ1v) is 12.1. The fourth-order valence-electron chi connectivity index (χ4n) is 2.42. The van der Waals surface area contributed by atoms with Gasteiger partial charge in [0.15, 0.2) is 11.6 Å². The van der Waals surface area contributed by atoms with Crippen molar-refractivity contribution >= 4 is 65.6 Å². The molecule has 2 aromatic carbocycles. The molecule has 2 aromatic rings. The van der Waals surface area contributed by atoms with Crippen LogP contribution in [-0.2, 0) is 20.2 Å². The Kier molecular flexibility index (Phi) is 5.81. The normalized spacial score (nSPS) is 14.5. The van der Waals surface area contributed by atoms with Crippen LogP contribution >= 0.6 is 22.6 Å². The number of hydrogen-bond acceptors (Lipinski definition) is 6. The fourth-order valence-corrected chi connectivity index (χ4v) is 4.74. The zero-order valence-corrected chi connectivity index (χ0v) is 18.2. The van der Waals surface area contributed by atoms with Crippen LogP contribution in [0.5, 0.6) is 5.75 Å². The molecule has 0 aromatic heterocycles. The summed E-state index contributed by atoms with van der Waals surface area (Å²) in [5, 5.41) is 17.1. The highest BCUT2D eigenvalue weighted by molar-refractivity contribution is 14.1. The number of hydrogen-bond donors (Lipinski definition) is 5. The second-order valence-electron chi connectivity index (χ2n) is 6.25. The Labute approximate surface area is 179 Å². The molecule has 14 heteroatoms. The van der Waals surface area contributed by atoms with E-state index < -0.39 is 59.9 Å². The van der Waals surface area contributed by atoms with E-state index in [0.717, 1.165) is 6.07 Å². The van der Waals surface area contributed by atoms with Crippen LogP contribution in [0.15, 0.2) is 24.3 Å². The molecule has 1 aliphatic carbocycles. The number of benzene rings is 2. The average Bonchev–Trinajstić information content (AvgIpc) is 3.41. The lowest BCUT2D eigenvalue weighted by Gasteiger charge is -2.19. The summed E-state index contributed by atoms with van der Waals surface area (Å²) in [5.74, 6) is -2.87. The van der Waals surface area contributed by atoms with E-state index in [1.165, 1.54) is 12.1 Å². The van der Waals surface area contributed by atoms with Crippen LogP contribution in [0.25, 0.3) is 0 Å². The molecule has 9 nitrogen and oxygen atoms in total. The molecule has 0 spiro atoms. The van der Waals surface area contributed by atoms with Gasteiger partial charge in [0, 0.05) is 9.64 Å². The molecule has 0 bridgehead atoms. The SMILES string of the molecule is NS(=O)(=O)Nc1c(F)cc(NS(=O)(=O)C2CC2)c(O)c1Nc1ccc(I)cc1F. The Hall–Kier alpha value is -1.91. The second-order valence-corrected chi connectivity index (χ2v) is 10.7. The van der Waals surface area contributed by atoms with Crippen molar-refractivity contribution in [2.45, 2.75) is 18.1 Å². The number of nitrogens with two attached hydrogens (primary N) is 1. The molecule has 1 aliphatic rings. The van der Waals surface area contributed by atoms with Crippen molar-refractivity contribution in [2.75, 3.05) is 14.8 Å². The van der Waals surface area contributed by atoms with Crippen LogP contribution < -0.4 is 19.9 Å². The fraction of sp³-hybridized carbons (Fsp3) is 0.200. The molecule has 1 saturated carbocycles. The molecule has 0 heterocycles. The lowest BCUT2D eigenvalue weighted by Crippen LogP contribution is -2.23. The smallest absolute Gasteiger partial charge is 0.296 e. The van der Waals surface area contributed by atoms with Crippen molar-refractivity contribution in [3.8, 4) is 5.75 Å². The molecule has 29 heavy (non-hydrogen) atoms. The van der Waals surface area contributed by atoms with Gasteiger partial charge in [-0.25, -0.2) is 22.3 Å². The maximum Gasteiger partial charge on any atom is 0.296 e. The van der Waals surface area contributed by atoms with E-state index in [-0.39, 0.29) is 5.69 Å². The number of phenolic OH excluding ortho intramolecular Hbond substituents is 1. The Morgan fingerprint density at radius 1 is 1.00 bits per heavy atom. The van der Waals surface area contributed by atoms with Crippen molar-refractivity contribution in [3.05, 3.63) is 39.5 Å². The van der Waals surface area contributed by atoms with Gasteiger partial charge < -0.3 is 10.4 Å². The monoisotopic (exact) mass is 560 g/mol. The minimum absolute atomic E-state index is 0.222. The van der Waals surface area contributed by atoms with E-state index in [4.69, 9.17) is 5.14 Å². The number of halogens is 3. The van der Waals surface area contributed by atoms with Crippen LogP contribution in [0.2, 0.25) is 0 Å². The molecule has 0 unspecified atom stereocenters. The van der Waals surface area contributed by atoms with Crippen molar-refractivity contribution in [3.63, 3.8) is 0 Å². The molecular weight excluding hydrogens is 545 g/mol. The summed E-state index contributed by atoms with van der Waals surface area (Å²) in [7, 11) is -8.35. The third kappa shape index (κ3) is 5.18. The van der Waals surface area contributed by atoms with E-state index in [2.05, 4.69) is 10.0 Å². The van der Waals surface area contributed by atoms with Gasteiger partial charge in [-0.15, -0.1) is 0 Å². The first kappa shape index (κ1) is 21.8. The Bertz CT molecular complexity index is 1190. The zero-order chi connectivity index (χ0) is 21.6. The topological polar surface area (TPSA) is 151 Å². The lowest BCUT2D eigenvalue weighted by atomic mass is 10.2. The van der Waals surface area contributed by atoms with E-state index in [1.54, 1.807) is 4.72 Å². The van der Waals surface area contributed by atoms with E-state index in [1.807, 2.05) is 22.6 Å². The predicted octanol–water partition coefficient (Wildman–Crippen LogP) is 2.54. The molecule has 1 fully saturated rings. The van der Waals surface area contributed by atoms with Crippen LogP contribution in [-0.4, -0.2) is 27.2 Å². The highest BCUT2D eigenvalue weighted by atomic mass is 127. The van der Waals surface area contributed by atoms with Crippen molar-refractivity contribution < 1.29 is 30.7 Å². The Morgan fingerprint density at radius 2 is 1.66 bits per heavy atom. The molecule has 0 amide bonds. The third-order valence-electron chi connectivity index (χ3n) is 3.90. The number of aromatic hydroxyl groups is 1. The summed E-state index contributed by atoms with van der Waals surface area (Å²) < 4.78 is 80.2. The van der Waals surface area contributed by atoms with E-state index in [0.29, 0.717) is 22.5 Å². The maximum atomic E-state index is 14.6. The van der Waals surface area contributed by atoms with Gasteiger partial charge in [-0.05, 0) is 53.6 Å². The average molecular weight is 560 g/mol. The van der Waals surface area contributed by atoms with Gasteiger partial charge in [0.2, 0.25) is 10.0 Å². The Morgan fingerprint density at radius 3 is 2.21 bits per heavy atom. The van der Waals surface area contributed by atoms with Crippen LogP contribution in [0.3, 0.4) is 0 Å². The van der Waals surface area contributed by atoms with Gasteiger partial charge in [-0.3, -0.25) is 9.44 Å². The second kappa shape index (κ2) is 7.73. The van der Waals surface area contributed by atoms with Gasteiger partial charge in [0.1, 0.15) is 17.2 Å². The van der Waals surface area contributed by atoms with E-state index >= 15 is 0 Å². The number of anilines is 4. The summed E-state index contributed by atoms with van der Waals surface area (Å²) in [6, 6.07) is 4.52. The van der Waals surface area contributed by atoms with Crippen LogP contribution in [0.4, 0.5) is 31.5 Å². The quantitative estimate of drug-likeness (QED) is 0.260. The summed E-state index contributed by atoms with van der Waals surface area (Å²) in [6.45, 7) is 0. The van der Waals surface area contributed by atoms with Crippen LogP contribution in [0.1, 0.15) is 12.8 Å². The molecule has 0 aliphatic heterocycles. The molecule has 0 saturated heterocycles. The highest BCUT2D eigenvalue weighted by Gasteiger charge is 2.36. The summed E-state index contributed by atoms with van der Waals surface area (Å²) in [5.41, 5.74) is -2.19. The molecule has 6 N–H and O–H groups in total. The largest absolute Gasteiger partial charge is 0.504 e. The standard InChI is InChI=1S/C15H15F2IN4O5S2/c16-9-5-7(18)1-4-11(9)20-14-13(22-29(19,26)27)10(17)6-12(15(14)23)21-28(24,25)8-2-3-8/h1,4-6,8,20-23H,2-3H2,(H2,19,26,27). The molecule has 3 rings (SSSR count).